The summed E-state index contributed by atoms with van der Waals surface area (Å²) in [7, 11) is 0. The molecule has 0 bridgehead atoms. The van der Waals surface area contributed by atoms with Crippen molar-refractivity contribution in [2.75, 3.05) is 5.73 Å². The zero-order chi connectivity index (χ0) is 9.14. The predicted molar refractivity (Wildman–Crippen MR) is 49.0 cm³/mol. The van der Waals surface area contributed by atoms with Gasteiger partial charge in [0.2, 0.25) is 5.88 Å². The normalized spacial score (nSPS) is 11.0. The van der Waals surface area contributed by atoms with Gasteiger partial charge >= 0.3 is 0 Å². The Morgan fingerprint density at radius 3 is 2.33 bits per heavy atom. The SMILES string of the molecule is CCC(CC)c1noc(N)c1C. The molecule has 12 heavy (non-hydrogen) atoms. The molecule has 1 heterocycles. The summed E-state index contributed by atoms with van der Waals surface area (Å²) in [6.45, 7) is 6.26. The first-order valence-corrected chi connectivity index (χ1v) is 4.42. The predicted octanol–water partition coefficient (Wildman–Crippen LogP) is 2.47. The second-order valence-electron chi connectivity index (χ2n) is 3.07. The molecular weight excluding hydrogens is 152 g/mol. The van der Waals surface area contributed by atoms with Gasteiger partial charge in [-0.3, -0.25) is 0 Å². The molecular formula is C9H16N2O. The Labute approximate surface area is 72.9 Å². The molecule has 1 rings (SSSR count). The van der Waals surface area contributed by atoms with Crippen molar-refractivity contribution >= 4 is 5.88 Å². The van der Waals surface area contributed by atoms with E-state index in [1.807, 2.05) is 6.92 Å². The van der Waals surface area contributed by atoms with E-state index in [2.05, 4.69) is 19.0 Å². The van der Waals surface area contributed by atoms with Crippen molar-refractivity contribution in [1.82, 2.24) is 5.16 Å². The fourth-order valence-electron chi connectivity index (χ4n) is 1.42. The van der Waals surface area contributed by atoms with E-state index in [1.54, 1.807) is 0 Å². The summed E-state index contributed by atoms with van der Waals surface area (Å²) in [5.74, 6) is 0.947. The molecule has 68 valence electrons. The van der Waals surface area contributed by atoms with Crippen LogP contribution in [0.15, 0.2) is 4.52 Å². The lowest BCUT2D eigenvalue weighted by atomic mass is 9.97. The largest absolute Gasteiger partial charge is 0.367 e. The topological polar surface area (TPSA) is 52.0 Å². The number of rotatable bonds is 3. The molecule has 0 atom stereocenters. The molecule has 0 amide bonds. The molecule has 2 N–H and O–H groups in total. The average Bonchev–Trinajstić information content (AvgIpc) is 2.38. The molecule has 3 nitrogen and oxygen atoms in total. The molecule has 0 aromatic carbocycles. The van der Waals surface area contributed by atoms with Crippen LogP contribution in [0.4, 0.5) is 5.88 Å². The molecule has 0 aliphatic carbocycles. The van der Waals surface area contributed by atoms with Crippen LogP contribution in [0.25, 0.3) is 0 Å². The van der Waals surface area contributed by atoms with Crippen molar-refractivity contribution < 1.29 is 4.52 Å². The fraction of sp³-hybridized carbons (Fsp3) is 0.667. The highest BCUT2D eigenvalue weighted by Gasteiger charge is 2.16. The van der Waals surface area contributed by atoms with Gasteiger partial charge in [0.25, 0.3) is 0 Å². The third kappa shape index (κ3) is 1.44. The van der Waals surface area contributed by atoms with E-state index in [0.29, 0.717) is 11.8 Å². The summed E-state index contributed by atoms with van der Waals surface area (Å²) in [4.78, 5) is 0. The van der Waals surface area contributed by atoms with Crippen LogP contribution in [0.3, 0.4) is 0 Å². The monoisotopic (exact) mass is 168 g/mol. The van der Waals surface area contributed by atoms with Gasteiger partial charge in [-0.2, -0.15) is 0 Å². The second-order valence-corrected chi connectivity index (χ2v) is 3.07. The molecule has 0 aliphatic rings. The molecule has 0 saturated carbocycles. The van der Waals surface area contributed by atoms with E-state index < -0.39 is 0 Å². The number of nitrogens with zero attached hydrogens (tertiary/aromatic N) is 1. The van der Waals surface area contributed by atoms with E-state index in [9.17, 15) is 0 Å². The van der Waals surface area contributed by atoms with Gasteiger partial charge in [0.15, 0.2) is 0 Å². The summed E-state index contributed by atoms with van der Waals surface area (Å²) in [6, 6.07) is 0. The van der Waals surface area contributed by atoms with Crippen molar-refractivity contribution in [3.05, 3.63) is 11.3 Å². The Morgan fingerprint density at radius 1 is 1.42 bits per heavy atom. The second kappa shape index (κ2) is 3.61. The summed E-state index contributed by atoms with van der Waals surface area (Å²) >= 11 is 0. The number of nitrogens with two attached hydrogens (primary N) is 1. The van der Waals surface area contributed by atoms with Gasteiger partial charge in [-0.15, -0.1) is 0 Å². The molecule has 0 saturated heterocycles. The zero-order valence-corrected chi connectivity index (χ0v) is 7.92. The van der Waals surface area contributed by atoms with Gasteiger partial charge in [-0.25, -0.2) is 0 Å². The third-order valence-electron chi connectivity index (χ3n) is 2.37. The zero-order valence-electron chi connectivity index (χ0n) is 7.92. The van der Waals surface area contributed by atoms with Gasteiger partial charge < -0.3 is 10.3 Å². The molecule has 0 unspecified atom stereocenters. The maximum Gasteiger partial charge on any atom is 0.225 e. The number of nitrogen functional groups attached to an aromatic ring is 1. The van der Waals surface area contributed by atoms with Gasteiger partial charge in [-0.1, -0.05) is 19.0 Å². The maximum absolute atomic E-state index is 5.56. The van der Waals surface area contributed by atoms with Gasteiger partial charge in [0.05, 0.1) is 5.69 Å². The lowest BCUT2D eigenvalue weighted by Gasteiger charge is -2.08. The van der Waals surface area contributed by atoms with Crippen molar-refractivity contribution in [1.29, 1.82) is 0 Å². The maximum atomic E-state index is 5.56. The lowest BCUT2D eigenvalue weighted by molar-refractivity contribution is 0.416. The average molecular weight is 168 g/mol. The summed E-state index contributed by atoms with van der Waals surface area (Å²) in [6.07, 6.45) is 2.17. The fourth-order valence-corrected chi connectivity index (χ4v) is 1.42. The van der Waals surface area contributed by atoms with Crippen LogP contribution in [0.5, 0.6) is 0 Å². The third-order valence-corrected chi connectivity index (χ3v) is 2.37. The Morgan fingerprint density at radius 2 is 2.00 bits per heavy atom. The smallest absolute Gasteiger partial charge is 0.225 e. The van der Waals surface area contributed by atoms with Crippen LogP contribution >= 0.6 is 0 Å². The van der Waals surface area contributed by atoms with Crippen LogP contribution < -0.4 is 5.73 Å². The van der Waals surface area contributed by atoms with Crippen LogP contribution in [0, 0.1) is 6.92 Å². The van der Waals surface area contributed by atoms with Crippen LogP contribution in [0.2, 0.25) is 0 Å². The van der Waals surface area contributed by atoms with Gasteiger partial charge in [0.1, 0.15) is 0 Å². The Hall–Kier alpha value is -0.990. The Kier molecular flexibility index (Phi) is 2.74. The molecule has 1 aromatic heterocycles. The van der Waals surface area contributed by atoms with E-state index in [-0.39, 0.29) is 0 Å². The quantitative estimate of drug-likeness (QED) is 0.754. The van der Waals surface area contributed by atoms with E-state index >= 15 is 0 Å². The minimum atomic E-state index is 0.455. The first kappa shape index (κ1) is 9.10. The summed E-state index contributed by atoms with van der Waals surface area (Å²) < 4.78 is 4.91. The Balaban J connectivity index is 2.93. The Bertz CT molecular complexity index is 251. The van der Waals surface area contributed by atoms with Crippen LogP contribution in [0.1, 0.15) is 43.9 Å². The van der Waals surface area contributed by atoms with E-state index in [4.69, 9.17) is 10.3 Å². The number of hydrogen-bond donors (Lipinski definition) is 1. The van der Waals surface area contributed by atoms with E-state index in [0.717, 1.165) is 24.1 Å². The number of anilines is 1. The molecule has 1 aromatic rings. The highest BCUT2D eigenvalue weighted by molar-refractivity contribution is 5.38. The first-order chi connectivity index (χ1) is 5.70. The van der Waals surface area contributed by atoms with Crippen molar-refractivity contribution in [2.24, 2.45) is 0 Å². The van der Waals surface area contributed by atoms with Crippen molar-refractivity contribution in [3.8, 4) is 0 Å². The summed E-state index contributed by atoms with van der Waals surface area (Å²) in [5.41, 5.74) is 7.59. The van der Waals surface area contributed by atoms with Gasteiger partial charge in [-0.05, 0) is 19.8 Å². The highest BCUT2D eigenvalue weighted by Crippen LogP contribution is 2.27. The lowest BCUT2D eigenvalue weighted by Crippen LogP contribution is -1.98. The number of aromatic nitrogens is 1. The highest BCUT2D eigenvalue weighted by atomic mass is 16.5. The van der Waals surface area contributed by atoms with E-state index in [1.165, 1.54) is 0 Å². The molecule has 0 fully saturated rings. The van der Waals surface area contributed by atoms with Crippen molar-refractivity contribution in [2.45, 2.75) is 39.5 Å². The van der Waals surface area contributed by atoms with Gasteiger partial charge in [0, 0.05) is 11.5 Å². The molecule has 3 heteroatoms. The standard InChI is InChI=1S/C9H16N2O/c1-4-7(5-2)8-6(3)9(10)12-11-8/h7H,4-5,10H2,1-3H3. The van der Waals surface area contributed by atoms with Crippen molar-refractivity contribution in [3.63, 3.8) is 0 Å². The first-order valence-electron chi connectivity index (χ1n) is 4.42. The minimum absolute atomic E-state index is 0.455. The molecule has 0 spiro atoms. The minimum Gasteiger partial charge on any atom is -0.367 e. The number of hydrogen-bond acceptors (Lipinski definition) is 3. The molecule has 0 radical (unpaired) electrons. The summed E-state index contributed by atoms with van der Waals surface area (Å²) in [5, 5.41) is 3.96. The van der Waals surface area contributed by atoms with Crippen LogP contribution in [-0.4, -0.2) is 5.16 Å². The molecule has 0 aliphatic heterocycles. The van der Waals surface area contributed by atoms with Crippen LogP contribution in [-0.2, 0) is 0 Å².